The predicted octanol–water partition coefficient (Wildman–Crippen LogP) is 3.30. The van der Waals surface area contributed by atoms with Crippen LogP contribution in [0.3, 0.4) is 0 Å². The molecule has 6 nitrogen and oxygen atoms in total. The summed E-state index contributed by atoms with van der Waals surface area (Å²) >= 11 is 0. The van der Waals surface area contributed by atoms with E-state index in [0.29, 0.717) is 23.8 Å². The van der Waals surface area contributed by atoms with Crippen molar-refractivity contribution in [3.63, 3.8) is 0 Å². The number of sulfonamides is 1. The van der Waals surface area contributed by atoms with Crippen LogP contribution in [0.15, 0.2) is 53.4 Å². The summed E-state index contributed by atoms with van der Waals surface area (Å²) in [4.78, 5) is 14.4. The van der Waals surface area contributed by atoms with Crippen LogP contribution in [0.2, 0.25) is 0 Å². The Kier molecular flexibility index (Phi) is 7.38. The van der Waals surface area contributed by atoms with Crippen LogP contribution in [0, 0.1) is 5.92 Å². The number of ether oxygens (including phenoxy) is 1. The van der Waals surface area contributed by atoms with E-state index >= 15 is 0 Å². The van der Waals surface area contributed by atoms with Crippen LogP contribution < -0.4 is 15.0 Å². The fourth-order valence-corrected chi connectivity index (χ4v) is 3.10. The standard InChI is InChI=1S/C20H26N2O4S/c1-4-16-5-11-19(12-6-16)27(24,25)22-21-20(23)17-7-9-18(10-8-17)26-14-13-15(2)3/h5-12,15,22H,4,13-14H2,1-3H3,(H,21,23). The van der Waals surface area contributed by atoms with Crippen LogP contribution in [0.1, 0.15) is 43.1 Å². The Morgan fingerprint density at radius 2 is 1.67 bits per heavy atom. The molecule has 1 amide bonds. The average Bonchev–Trinajstić information content (AvgIpc) is 2.66. The molecule has 0 saturated carbocycles. The second kappa shape index (κ2) is 9.53. The lowest BCUT2D eigenvalue weighted by Crippen LogP contribution is -2.41. The number of rotatable bonds is 9. The van der Waals surface area contributed by atoms with Gasteiger partial charge in [-0.25, -0.2) is 8.42 Å². The van der Waals surface area contributed by atoms with Gasteiger partial charge in [0.2, 0.25) is 0 Å². The van der Waals surface area contributed by atoms with Gasteiger partial charge in [-0.3, -0.25) is 10.2 Å². The molecule has 0 saturated heterocycles. The van der Waals surface area contributed by atoms with Crippen molar-refractivity contribution >= 4 is 15.9 Å². The molecule has 2 aromatic carbocycles. The van der Waals surface area contributed by atoms with Crippen LogP contribution in [0.4, 0.5) is 0 Å². The Hall–Kier alpha value is -2.38. The van der Waals surface area contributed by atoms with Gasteiger partial charge in [-0.2, -0.15) is 0 Å². The van der Waals surface area contributed by atoms with Crippen molar-refractivity contribution < 1.29 is 17.9 Å². The third kappa shape index (κ3) is 6.37. The van der Waals surface area contributed by atoms with Crippen LogP contribution >= 0.6 is 0 Å². The lowest BCUT2D eigenvalue weighted by atomic mass is 10.1. The molecule has 0 aliphatic carbocycles. The van der Waals surface area contributed by atoms with E-state index in [1.54, 1.807) is 36.4 Å². The summed E-state index contributed by atoms with van der Waals surface area (Å²) < 4.78 is 30.1. The molecule has 0 aromatic heterocycles. The van der Waals surface area contributed by atoms with Gasteiger partial charge >= 0.3 is 0 Å². The number of nitrogens with one attached hydrogen (secondary N) is 2. The van der Waals surface area contributed by atoms with Gasteiger partial charge in [-0.15, -0.1) is 4.83 Å². The highest BCUT2D eigenvalue weighted by molar-refractivity contribution is 7.89. The SMILES string of the molecule is CCc1ccc(S(=O)(=O)NNC(=O)c2ccc(OCCC(C)C)cc2)cc1. The van der Waals surface area contributed by atoms with Crippen LogP contribution in [0.5, 0.6) is 5.75 Å². The molecule has 0 bridgehead atoms. The van der Waals surface area contributed by atoms with Crippen LogP contribution in [0.25, 0.3) is 0 Å². The summed E-state index contributed by atoms with van der Waals surface area (Å²) in [5, 5.41) is 0. The van der Waals surface area contributed by atoms with E-state index in [0.717, 1.165) is 18.4 Å². The van der Waals surface area contributed by atoms with E-state index in [4.69, 9.17) is 4.74 Å². The molecule has 0 heterocycles. The minimum atomic E-state index is -3.82. The van der Waals surface area contributed by atoms with Crippen molar-refractivity contribution in [2.45, 2.75) is 38.5 Å². The molecule has 0 radical (unpaired) electrons. The first kappa shape index (κ1) is 20.9. The zero-order chi connectivity index (χ0) is 19.9. The molecule has 2 rings (SSSR count). The third-order valence-corrected chi connectivity index (χ3v) is 5.28. The van der Waals surface area contributed by atoms with Gasteiger partial charge in [0.25, 0.3) is 15.9 Å². The second-order valence-corrected chi connectivity index (χ2v) is 8.29. The molecule has 7 heteroatoms. The van der Waals surface area contributed by atoms with E-state index < -0.39 is 15.9 Å². The topological polar surface area (TPSA) is 84.5 Å². The number of benzene rings is 2. The maximum atomic E-state index is 12.2. The summed E-state index contributed by atoms with van der Waals surface area (Å²) in [7, 11) is -3.82. The molecule has 0 aliphatic heterocycles. The Bertz CT molecular complexity index is 845. The Morgan fingerprint density at radius 3 is 2.22 bits per heavy atom. The molecule has 0 atom stereocenters. The highest BCUT2D eigenvalue weighted by atomic mass is 32.2. The first-order valence-electron chi connectivity index (χ1n) is 8.95. The van der Waals surface area contributed by atoms with Crippen molar-refractivity contribution in [1.82, 2.24) is 10.3 Å². The van der Waals surface area contributed by atoms with Crippen molar-refractivity contribution in [1.29, 1.82) is 0 Å². The smallest absolute Gasteiger partial charge is 0.266 e. The van der Waals surface area contributed by atoms with E-state index in [1.807, 2.05) is 6.92 Å². The van der Waals surface area contributed by atoms with Crippen LogP contribution in [-0.4, -0.2) is 20.9 Å². The highest BCUT2D eigenvalue weighted by Crippen LogP contribution is 2.14. The molecule has 2 N–H and O–H groups in total. The molecule has 0 aliphatic rings. The maximum Gasteiger partial charge on any atom is 0.266 e. The Balaban J connectivity index is 1.92. The molecule has 146 valence electrons. The minimum absolute atomic E-state index is 0.0916. The van der Waals surface area contributed by atoms with Gasteiger partial charge in [0, 0.05) is 5.56 Å². The minimum Gasteiger partial charge on any atom is -0.494 e. The number of amides is 1. The summed E-state index contributed by atoms with van der Waals surface area (Å²) in [6, 6.07) is 13.1. The second-order valence-electron chi connectivity index (χ2n) is 6.61. The van der Waals surface area contributed by atoms with Crippen molar-refractivity contribution in [3.8, 4) is 5.75 Å². The van der Waals surface area contributed by atoms with E-state index in [1.165, 1.54) is 12.1 Å². The summed E-state index contributed by atoms with van der Waals surface area (Å²) in [6.45, 7) is 6.84. The largest absolute Gasteiger partial charge is 0.494 e. The molecular weight excluding hydrogens is 364 g/mol. The summed E-state index contributed by atoms with van der Waals surface area (Å²) in [5.74, 6) is 0.683. The van der Waals surface area contributed by atoms with Crippen molar-refractivity contribution in [3.05, 3.63) is 59.7 Å². The first-order chi connectivity index (χ1) is 12.8. The van der Waals surface area contributed by atoms with Crippen molar-refractivity contribution in [2.24, 2.45) is 5.92 Å². The van der Waals surface area contributed by atoms with Gasteiger partial charge < -0.3 is 4.74 Å². The number of aryl methyl sites for hydroxylation is 1. The number of carbonyl (C=O) groups is 1. The highest BCUT2D eigenvalue weighted by Gasteiger charge is 2.15. The quantitative estimate of drug-likeness (QED) is 0.644. The average molecular weight is 391 g/mol. The number of hydrogen-bond acceptors (Lipinski definition) is 4. The number of hydrogen-bond donors (Lipinski definition) is 2. The molecule has 27 heavy (non-hydrogen) atoms. The molecule has 2 aromatic rings. The van der Waals surface area contributed by atoms with Gasteiger partial charge in [0.1, 0.15) is 5.75 Å². The van der Waals surface area contributed by atoms with Gasteiger partial charge in [0.05, 0.1) is 11.5 Å². The van der Waals surface area contributed by atoms with Crippen molar-refractivity contribution in [2.75, 3.05) is 6.61 Å². The van der Waals surface area contributed by atoms with Crippen LogP contribution in [-0.2, 0) is 16.4 Å². The van der Waals surface area contributed by atoms with E-state index in [-0.39, 0.29) is 4.90 Å². The lowest BCUT2D eigenvalue weighted by Gasteiger charge is -2.10. The zero-order valence-corrected chi connectivity index (χ0v) is 16.7. The zero-order valence-electron chi connectivity index (χ0n) is 15.9. The number of carbonyl (C=O) groups excluding carboxylic acids is 1. The van der Waals surface area contributed by atoms with Gasteiger partial charge in [-0.1, -0.05) is 32.9 Å². The lowest BCUT2D eigenvalue weighted by molar-refractivity contribution is 0.0945. The summed E-state index contributed by atoms with van der Waals surface area (Å²) in [5.41, 5.74) is 3.59. The monoisotopic (exact) mass is 390 g/mol. The predicted molar refractivity (Wildman–Crippen MR) is 105 cm³/mol. The fourth-order valence-electron chi connectivity index (χ4n) is 2.26. The fraction of sp³-hybridized carbons (Fsp3) is 0.350. The molecule has 0 spiro atoms. The van der Waals surface area contributed by atoms with E-state index in [9.17, 15) is 13.2 Å². The Labute approximate surface area is 161 Å². The van der Waals surface area contributed by atoms with Gasteiger partial charge in [0.15, 0.2) is 0 Å². The maximum absolute atomic E-state index is 12.2. The van der Waals surface area contributed by atoms with E-state index in [2.05, 4.69) is 24.1 Å². The molecule has 0 unspecified atom stereocenters. The molecular formula is C20H26N2O4S. The number of hydrazine groups is 1. The first-order valence-corrected chi connectivity index (χ1v) is 10.4. The van der Waals surface area contributed by atoms with Gasteiger partial charge in [-0.05, 0) is 60.7 Å². The molecule has 0 fully saturated rings. The Morgan fingerprint density at radius 1 is 1.04 bits per heavy atom. The summed E-state index contributed by atoms with van der Waals surface area (Å²) in [6.07, 6.45) is 1.77. The third-order valence-electron chi connectivity index (χ3n) is 4.02. The normalized spacial score (nSPS) is 11.4.